The van der Waals surface area contributed by atoms with Crippen molar-refractivity contribution in [3.63, 3.8) is 0 Å². The lowest BCUT2D eigenvalue weighted by molar-refractivity contribution is -0.118. The third kappa shape index (κ3) is 4.81. The summed E-state index contributed by atoms with van der Waals surface area (Å²) in [5.74, 6) is 0.405. The molecule has 1 heterocycles. The summed E-state index contributed by atoms with van der Waals surface area (Å²) in [6, 6.07) is 23.8. The highest BCUT2D eigenvalue weighted by Gasteiger charge is 2.11. The molecule has 0 saturated carbocycles. The summed E-state index contributed by atoms with van der Waals surface area (Å²) in [6.45, 7) is 2.00. The van der Waals surface area contributed by atoms with Gasteiger partial charge in [-0.05, 0) is 93.8 Å². The van der Waals surface area contributed by atoms with Gasteiger partial charge >= 0.3 is 0 Å². The van der Waals surface area contributed by atoms with Crippen LogP contribution in [0.3, 0.4) is 0 Å². The van der Waals surface area contributed by atoms with Crippen LogP contribution in [0.2, 0.25) is 0 Å². The Balaban J connectivity index is 1.24. The summed E-state index contributed by atoms with van der Waals surface area (Å²) >= 11 is 8.74. The monoisotopic (exact) mass is 580 g/mol. The van der Waals surface area contributed by atoms with Gasteiger partial charge in [0, 0.05) is 15.7 Å². The third-order valence-electron chi connectivity index (χ3n) is 5.20. The number of nitrogens with zero attached hydrogens (tertiary/aromatic N) is 1. The minimum Gasteiger partial charge on any atom is -0.483 e. The smallest absolute Gasteiger partial charge is 0.262 e. The Kier molecular flexibility index (Phi) is 6.19. The summed E-state index contributed by atoms with van der Waals surface area (Å²) in [5.41, 5.74) is 3.96. The quantitative estimate of drug-likeness (QED) is 0.229. The van der Waals surface area contributed by atoms with Gasteiger partial charge in [-0.25, -0.2) is 4.98 Å². The Morgan fingerprint density at radius 3 is 2.64 bits per heavy atom. The molecule has 1 amide bonds. The highest BCUT2D eigenvalue weighted by molar-refractivity contribution is 9.11. The normalized spacial score (nSPS) is 11.1. The van der Waals surface area contributed by atoms with E-state index >= 15 is 0 Å². The predicted molar refractivity (Wildman–Crippen MR) is 143 cm³/mol. The van der Waals surface area contributed by atoms with Crippen molar-refractivity contribution < 1.29 is 9.53 Å². The summed E-state index contributed by atoms with van der Waals surface area (Å²) < 4.78 is 8.78. The predicted octanol–water partition coefficient (Wildman–Crippen LogP) is 7.97. The molecule has 4 nitrogen and oxygen atoms in total. The number of rotatable bonds is 5. The molecule has 0 aliphatic carbocycles. The molecular weight excluding hydrogens is 564 g/mol. The van der Waals surface area contributed by atoms with E-state index in [1.165, 1.54) is 10.3 Å². The molecule has 0 atom stereocenters. The van der Waals surface area contributed by atoms with Gasteiger partial charge in [0.05, 0.1) is 14.7 Å². The first-order chi connectivity index (χ1) is 16.0. The van der Waals surface area contributed by atoms with Crippen LogP contribution in [0.25, 0.3) is 31.6 Å². The standard InChI is InChI=1S/C26H18Br2N2O2S/c1-15-2-10-21-23(12-15)33-26(30-21)16-3-7-19(8-4-16)29-24(31)14-32-22-11-5-17-13-18(27)6-9-20(17)25(22)28/h2-13H,14H2,1H3,(H,29,31). The van der Waals surface area contributed by atoms with E-state index in [0.717, 1.165) is 35.8 Å². The number of nitrogens with one attached hydrogen (secondary N) is 1. The van der Waals surface area contributed by atoms with Gasteiger partial charge in [0.1, 0.15) is 10.8 Å². The van der Waals surface area contributed by atoms with E-state index in [-0.39, 0.29) is 12.5 Å². The third-order valence-corrected chi connectivity index (χ3v) is 7.58. The van der Waals surface area contributed by atoms with Gasteiger partial charge in [-0.1, -0.05) is 34.1 Å². The van der Waals surface area contributed by atoms with E-state index < -0.39 is 0 Å². The summed E-state index contributed by atoms with van der Waals surface area (Å²) in [5, 5.41) is 5.95. The van der Waals surface area contributed by atoms with E-state index in [4.69, 9.17) is 9.72 Å². The molecule has 0 bridgehead atoms. The van der Waals surface area contributed by atoms with Crippen molar-refractivity contribution in [2.45, 2.75) is 6.92 Å². The molecule has 1 N–H and O–H groups in total. The zero-order valence-electron chi connectivity index (χ0n) is 17.6. The fraction of sp³-hybridized carbons (Fsp3) is 0.0769. The number of amides is 1. The van der Waals surface area contributed by atoms with Crippen molar-refractivity contribution in [2.75, 3.05) is 11.9 Å². The van der Waals surface area contributed by atoms with Crippen LogP contribution in [0.5, 0.6) is 5.75 Å². The van der Waals surface area contributed by atoms with Gasteiger partial charge in [-0.3, -0.25) is 4.79 Å². The van der Waals surface area contributed by atoms with Gasteiger partial charge in [-0.15, -0.1) is 11.3 Å². The number of halogens is 2. The van der Waals surface area contributed by atoms with Crippen LogP contribution in [0.1, 0.15) is 5.56 Å². The van der Waals surface area contributed by atoms with Crippen LogP contribution in [0.15, 0.2) is 81.7 Å². The molecule has 0 aliphatic heterocycles. The van der Waals surface area contributed by atoms with Crippen LogP contribution < -0.4 is 10.1 Å². The Morgan fingerprint density at radius 1 is 1.00 bits per heavy atom. The van der Waals surface area contributed by atoms with Crippen molar-refractivity contribution in [3.8, 4) is 16.3 Å². The first-order valence-corrected chi connectivity index (χ1v) is 12.6. The molecule has 7 heteroatoms. The summed E-state index contributed by atoms with van der Waals surface area (Å²) in [7, 11) is 0. The lowest BCUT2D eigenvalue weighted by Crippen LogP contribution is -2.20. The number of fused-ring (bicyclic) bond motifs is 2. The zero-order valence-corrected chi connectivity index (χ0v) is 21.6. The molecule has 0 radical (unpaired) electrons. The average Bonchev–Trinajstić information content (AvgIpc) is 3.22. The number of ether oxygens (including phenoxy) is 1. The van der Waals surface area contributed by atoms with Crippen molar-refractivity contribution in [1.82, 2.24) is 4.98 Å². The van der Waals surface area contributed by atoms with E-state index in [0.29, 0.717) is 11.4 Å². The molecule has 4 aromatic carbocycles. The van der Waals surface area contributed by atoms with Gasteiger partial charge < -0.3 is 10.1 Å². The number of carbonyl (C=O) groups excluding carboxylic acids is 1. The molecule has 164 valence electrons. The minimum absolute atomic E-state index is 0.0837. The van der Waals surface area contributed by atoms with Crippen LogP contribution in [-0.2, 0) is 4.79 Å². The molecule has 1 aromatic heterocycles. The van der Waals surface area contributed by atoms with E-state index in [1.54, 1.807) is 11.3 Å². The number of anilines is 1. The summed E-state index contributed by atoms with van der Waals surface area (Å²) in [4.78, 5) is 17.2. The SMILES string of the molecule is Cc1ccc2nc(-c3ccc(NC(=O)COc4ccc5cc(Br)ccc5c4Br)cc3)sc2c1. The maximum atomic E-state index is 12.4. The number of carbonyl (C=O) groups is 1. The van der Waals surface area contributed by atoms with E-state index in [2.05, 4.69) is 56.2 Å². The number of thiazole rings is 1. The fourth-order valence-electron chi connectivity index (χ4n) is 3.55. The zero-order chi connectivity index (χ0) is 22.9. The van der Waals surface area contributed by atoms with Crippen molar-refractivity contribution >= 4 is 75.8 Å². The molecule has 33 heavy (non-hydrogen) atoms. The van der Waals surface area contributed by atoms with Crippen LogP contribution in [-0.4, -0.2) is 17.5 Å². The molecular formula is C26H18Br2N2O2S. The largest absolute Gasteiger partial charge is 0.483 e. The van der Waals surface area contributed by atoms with Crippen molar-refractivity contribution in [2.24, 2.45) is 0 Å². The molecule has 0 unspecified atom stereocenters. The maximum absolute atomic E-state index is 12.4. The first-order valence-electron chi connectivity index (χ1n) is 10.2. The Labute approximate surface area is 211 Å². The fourth-order valence-corrected chi connectivity index (χ4v) is 5.60. The second-order valence-corrected chi connectivity index (χ2v) is 10.4. The average molecular weight is 582 g/mol. The Bertz CT molecular complexity index is 1500. The highest BCUT2D eigenvalue weighted by atomic mass is 79.9. The topological polar surface area (TPSA) is 51.2 Å². The molecule has 5 rings (SSSR count). The number of benzene rings is 4. The van der Waals surface area contributed by atoms with Gasteiger partial charge in [0.2, 0.25) is 0 Å². The van der Waals surface area contributed by atoms with Gasteiger partial charge in [0.15, 0.2) is 6.61 Å². The molecule has 0 fully saturated rings. The number of aromatic nitrogens is 1. The molecule has 0 aliphatic rings. The van der Waals surface area contributed by atoms with Crippen molar-refractivity contribution in [3.05, 3.63) is 87.3 Å². The first kappa shape index (κ1) is 22.1. The molecule has 0 spiro atoms. The van der Waals surface area contributed by atoms with E-state index in [1.807, 2.05) is 60.7 Å². The minimum atomic E-state index is -0.221. The van der Waals surface area contributed by atoms with E-state index in [9.17, 15) is 4.79 Å². The Hall–Kier alpha value is -2.74. The van der Waals surface area contributed by atoms with Crippen LogP contribution >= 0.6 is 43.2 Å². The van der Waals surface area contributed by atoms with Crippen molar-refractivity contribution in [1.29, 1.82) is 0 Å². The Morgan fingerprint density at radius 2 is 1.82 bits per heavy atom. The lowest BCUT2D eigenvalue weighted by Gasteiger charge is -2.11. The second-order valence-electron chi connectivity index (χ2n) is 7.65. The van der Waals surface area contributed by atoms with Crippen LogP contribution in [0.4, 0.5) is 5.69 Å². The number of hydrogen-bond acceptors (Lipinski definition) is 4. The second kappa shape index (κ2) is 9.25. The lowest BCUT2D eigenvalue weighted by atomic mass is 10.1. The van der Waals surface area contributed by atoms with Gasteiger partial charge in [0.25, 0.3) is 5.91 Å². The number of hydrogen-bond donors (Lipinski definition) is 1. The van der Waals surface area contributed by atoms with Crippen LogP contribution in [0, 0.1) is 6.92 Å². The molecule has 5 aromatic rings. The molecule has 0 saturated heterocycles. The summed E-state index contributed by atoms with van der Waals surface area (Å²) in [6.07, 6.45) is 0. The maximum Gasteiger partial charge on any atom is 0.262 e. The number of aryl methyl sites for hydroxylation is 1. The van der Waals surface area contributed by atoms with Gasteiger partial charge in [-0.2, -0.15) is 0 Å². The highest BCUT2D eigenvalue weighted by Crippen LogP contribution is 2.34.